The van der Waals surface area contributed by atoms with E-state index in [1.54, 1.807) is 0 Å². The molecule has 2 atom stereocenters. The largest absolute Gasteiger partial charge is 0.381 e. The summed E-state index contributed by atoms with van der Waals surface area (Å²) in [5.41, 5.74) is 0. The smallest absolute Gasteiger partial charge is 0.228 e. The summed E-state index contributed by atoms with van der Waals surface area (Å²) in [5.74, 6) is 0.442. The fraction of sp³-hybridized carbons (Fsp3) is 0.929. The van der Waals surface area contributed by atoms with Crippen LogP contribution in [0.4, 0.5) is 0 Å². The van der Waals surface area contributed by atoms with E-state index in [1.807, 2.05) is 0 Å². The molecule has 0 aromatic carbocycles. The van der Waals surface area contributed by atoms with Crippen LogP contribution in [0.1, 0.15) is 19.3 Å². The Bertz CT molecular complexity index is 310. The number of hydrogen-bond acceptors (Lipinski definition) is 4. The highest BCUT2D eigenvalue weighted by atomic mass is 35.5. The van der Waals surface area contributed by atoms with Crippen LogP contribution in [0.25, 0.3) is 0 Å². The number of carbonyl (C=O) groups is 1. The van der Waals surface area contributed by atoms with E-state index < -0.39 is 0 Å². The van der Waals surface area contributed by atoms with Gasteiger partial charge in [-0.1, -0.05) is 0 Å². The lowest BCUT2D eigenvalue weighted by atomic mass is 10.00. The molecule has 3 rings (SSSR count). The molecule has 0 aromatic rings. The van der Waals surface area contributed by atoms with Crippen molar-refractivity contribution in [3.8, 4) is 0 Å². The van der Waals surface area contributed by atoms with Crippen LogP contribution < -0.4 is 5.32 Å². The third-order valence-corrected chi connectivity index (χ3v) is 4.69. The number of ether oxygens (including phenoxy) is 1. The van der Waals surface area contributed by atoms with Gasteiger partial charge in [-0.25, -0.2) is 0 Å². The van der Waals surface area contributed by atoms with Crippen LogP contribution in [0.3, 0.4) is 0 Å². The van der Waals surface area contributed by atoms with Crippen molar-refractivity contribution in [1.29, 1.82) is 0 Å². The highest BCUT2D eigenvalue weighted by Crippen LogP contribution is 2.18. The topological polar surface area (TPSA) is 44.8 Å². The summed E-state index contributed by atoms with van der Waals surface area (Å²) < 4.78 is 5.43. The number of nitrogens with one attached hydrogen (secondary N) is 1. The van der Waals surface area contributed by atoms with Crippen molar-refractivity contribution in [2.75, 3.05) is 52.5 Å². The molecule has 116 valence electrons. The van der Waals surface area contributed by atoms with Gasteiger partial charge in [0.1, 0.15) is 0 Å². The number of piperazine rings is 1. The Labute approximate surface area is 127 Å². The van der Waals surface area contributed by atoms with E-state index in [-0.39, 0.29) is 18.3 Å². The van der Waals surface area contributed by atoms with E-state index in [0.29, 0.717) is 18.6 Å². The fourth-order valence-electron chi connectivity index (χ4n) is 3.45. The number of hydrogen-bond donors (Lipinski definition) is 1. The lowest BCUT2D eigenvalue weighted by Gasteiger charge is -2.39. The normalized spacial score (nSPS) is 31.9. The Morgan fingerprint density at radius 1 is 1.15 bits per heavy atom. The van der Waals surface area contributed by atoms with Gasteiger partial charge in [-0.05, 0) is 25.8 Å². The molecule has 5 nitrogen and oxygen atoms in total. The standard InChI is InChI=1S/C14H25N3O2.ClH/c18-14(12-2-1-9-19-11-12)17-7-5-16(6-8-17)13-3-4-15-10-13;/h12-13,15H,1-11H2;1H. The van der Waals surface area contributed by atoms with Crippen LogP contribution >= 0.6 is 12.4 Å². The van der Waals surface area contributed by atoms with Gasteiger partial charge in [0.05, 0.1) is 12.5 Å². The van der Waals surface area contributed by atoms with Gasteiger partial charge < -0.3 is 15.0 Å². The maximum absolute atomic E-state index is 12.4. The molecule has 0 aliphatic carbocycles. The van der Waals surface area contributed by atoms with Crippen molar-refractivity contribution in [2.24, 2.45) is 5.92 Å². The Morgan fingerprint density at radius 2 is 1.95 bits per heavy atom. The minimum absolute atomic E-state index is 0. The monoisotopic (exact) mass is 303 g/mol. The predicted molar refractivity (Wildman–Crippen MR) is 80.2 cm³/mol. The first-order chi connectivity index (χ1) is 9.34. The van der Waals surface area contributed by atoms with Crippen LogP contribution in [0.15, 0.2) is 0 Å². The zero-order valence-electron chi connectivity index (χ0n) is 12.1. The highest BCUT2D eigenvalue weighted by molar-refractivity contribution is 5.85. The molecule has 3 saturated heterocycles. The summed E-state index contributed by atoms with van der Waals surface area (Å²) in [6.07, 6.45) is 3.29. The summed E-state index contributed by atoms with van der Waals surface area (Å²) in [7, 11) is 0. The zero-order valence-corrected chi connectivity index (χ0v) is 12.9. The second kappa shape index (κ2) is 7.59. The summed E-state index contributed by atoms with van der Waals surface area (Å²) in [6.45, 7) is 7.57. The summed E-state index contributed by atoms with van der Waals surface area (Å²) in [6, 6.07) is 0.690. The number of rotatable bonds is 2. The maximum atomic E-state index is 12.4. The highest BCUT2D eigenvalue weighted by Gasteiger charge is 2.31. The average Bonchev–Trinajstić information content (AvgIpc) is 3.02. The molecule has 0 spiro atoms. The molecule has 1 amide bonds. The molecule has 0 radical (unpaired) electrons. The average molecular weight is 304 g/mol. The molecule has 3 heterocycles. The van der Waals surface area contributed by atoms with Crippen molar-refractivity contribution in [2.45, 2.75) is 25.3 Å². The third kappa shape index (κ3) is 3.64. The van der Waals surface area contributed by atoms with Crippen molar-refractivity contribution >= 4 is 18.3 Å². The van der Waals surface area contributed by atoms with E-state index in [2.05, 4.69) is 15.1 Å². The second-order valence-corrected chi connectivity index (χ2v) is 5.92. The first kappa shape index (κ1) is 16.0. The van der Waals surface area contributed by atoms with Crippen molar-refractivity contribution in [3.05, 3.63) is 0 Å². The molecule has 0 bridgehead atoms. The molecule has 0 saturated carbocycles. The van der Waals surface area contributed by atoms with E-state index in [1.165, 1.54) is 6.42 Å². The molecule has 0 aromatic heterocycles. The van der Waals surface area contributed by atoms with E-state index in [4.69, 9.17) is 4.74 Å². The summed E-state index contributed by atoms with van der Waals surface area (Å²) in [4.78, 5) is 17.0. The van der Waals surface area contributed by atoms with Crippen LogP contribution in [-0.4, -0.2) is 74.2 Å². The Morgan fingerprint density at radius 3 is 2.55 bits per heavy atom. The predicted octanol–water partition coefficient (Wildman–Crippen LogP) is 0.341. The number of carbonyl (C=O) groups excluding carboxylic acids is 1. The van der Waals surface area contributed by atoms with Gasteiger partial charge in [-0.2, -0.15) is 0 Å². The number of nitrogens with zero attached hydrogens (tertiary/aromatic N) is 2. The van der Waals surface area contributed by atoms with Crippen molar-refractivity contribution < 1.29 is 9.53 Å². The quantitative estimate of drug-likeness (QED) is 0.799. The summed E-state index contributed by atoms with van der Waals surface area (Å²) >= 11 is 0. The third-order valence-electron chi connectivity index (χ3n) is 4.69. The first-order valence-corrected chi connectivity index (χ1v) is 7.66. The van der Waals surface area contributed by atoms with Crippen molar-refractivity contribution in [1.82, 2.24) is 15.1 Å². The van der Waals surface area contributed by atoms with E-state index in [9.17, 15) is 4.79 Å². The van der Waals surface area contributed by atoms with Gasteiger partial charge in [0, 0.05) is 45.4 Å². The van der Waals surface area contributed by atoms with Gasteiger partial charge >= 0.3 is 0 Å². The van der Waals surface area contributed by atoms with Gasteiger partial charge in [0.2, 0.25) is 5.91 Å². The Hall–Kier alpha value is -0.360. The fourth-order valence-corrected chi connectivity index (χ4v) is 3.45. The van der Waals surface area contributed by atoms with Crippen LogP contribution in [-0.2, 0) is 9.53 Å². The number of amides is 1. The molecule has 1 N–H and O–H groups in total. The molecule has 3 fully saturated rings. The van der Waals surface area contributed by atoms with Gasteiger partial charge in [-0.3, -0.25) is 9.69 Å². The lowest BCUT2D eigenvalue weighted by Crippen LogP contribution is -2.54. The SMILES string of the molecule is Cl.O=C(C1CCCOC1)N1CCN(C2CCNC2)CC1. The van der Waals surface area contributed by atoms with Crippen LogP contribution in [0.2, 0.25) is 0 Å². The molecular weight excluding hydrogens is 278 g/mol. The lowest BCUT2D eigenvalue weighted by molar-refractivity contribution is -0.141. The minimum Gasteiger partial charge on any atom is -0.381 e. The minimum atomic E-state index is 0. The van der Waals surface area contributed by atoms with Crippen LogP contribution in [0, 0.1) is 5.92 Å². The molecular formula is C14H26ClN3O2. The molecule has 3 aliphatic heterocycles. The molecule has 3 aliphatic rings. The Kier molecular flexibility index (Phi) is 6.08. The molecule has 20 heavy (non-hydrogen) atoms. The zero-order chi connectivity index (χ0) is 13.1. The van der Waals surface area contributed by atoms with E-state index in [0.717, 1.165) is 58.7 Å². The first-order valence-electron chi connectivity index (χ1n) is 7.66. The second-order valence-electron chi connectivity index (χ2n) is 5.92. The van der Waals surface area contributed by atoms with Gasteiger partial charge in [0.25, 0.3) is 0 Å². The van der Waals surface area contributed by atoms with Crippen LogP contribution in [0.5, 0.6) is 0 Å². The van der Waals surface area contributed by atoms with E-state index >= 15 is 0 Å². The number of halogens is 1. The molecule has 6 heteroatoms. The molecule has 2 unspecified atom stereocenters. The Balaban J connectivity index is 0.00000147. The van der Waals surface area contributed by atoms with Crippen molar-refractivity contribution in [3.63, 3.8) is 0 Å². The maximum Gasteiger partial charge on any atom is 0.228 e. The van der Waals surface area contributed by atoms with Gasteiger partial charge in [-0.15, -0.1) is 12.4 Å². The summed E-state index contributed by atoms with van der Waals surface area (Å²) in [5, 5.41) is 3.42. The van der Waals surface area contributed by atoms with Gasteiger partial charge in [0.15, 0.2) is 0 Å².